The second kappa shape index (κ2) is 7.17. The first-order valence-corrected chi connectivity index (χ1v) is 6.75. The van der Waals surface area contributed by atoms with Crippen molar-refractivity contribution in [2.24, 2.45) is 0 Å². The van der Waals surface area contributed by atoms with E-state index in [4.69, 9.17) is 16.7 Å². The summed E-state index contributed by atoms with van der Waals surface area (Å²) in [4.78, 5) is 1.15. The summed E-state index contributed by atoms with van der Waals surface area (Å²) in [5, 5.41) is 13.0. The van der Waals surface area contributed by atoms with Gasteiger partial charge in [-0.3, -0.25) is 0 Å². The van der Waals surface area contributed by atoms with E-state index in [-0.39, 0.29) is 6.61 Å². The van der Waals surface area contributed by atoms with Crippen molar-refractivity contribution in [1.82, 2.24) is 5.32 Å². The zero-order chi connectivity index (χ0) is 12.0. The normalized spacial score (nSPS) is 11.1. The van der Waals surface area contributed by atoms with Gasteiger partial charge in [0.05, 0.1) is 6.61 Å². The Balaban J connectivity index is 2.72. The van der Waals surface area contributed by atoms with Crippen LogP contribution in [0.3, 0.4) is 0 Å². The van der Waals surface area contributed by atoms with Crippen LogP contribution in [0, 0.1) is 0 Å². The molecule has 0 unspecified atom stereocenters. The van der Waals surface area contributed by atoms with E-state index in [0.29, 0.717) is 11.8 Å². The first-order chi connectivity index (χ1) is 7.63. The second-order valence-corrected chi connectivity index (χ2v) is 5.43. The number of aliphatic hydroxyl groups excluding tert-OH is 1. The molecule has 0 fully saturated rings. The Morgan fingerprint density at radius 1 is 1.44 bits per heavy atom. The van der Waals surface area contributed by atoms with E-state index in [0.717, 1.165) is 16.5 Å². The fourth-order valence-corrected chi connectivity index (χ4v) is 2.36. The molecule has 0 aliphatic carbocycles. The van der Waals surface area contributed by atoms with E-state index in [1.54, 1.807) is 11.8 Å². The molecule has 0 spiro atoms. The predicted octanol–water partition coefficient (Wildman–Crippen LogP) is 2.92. The Morgan fingerprint density at radius 2 is 2.19 bits per heavy atom. The maximum Gasteiger partial charge on any atom is 0.0525 e. The van der Waals surface area contributed by atoms with Gasteiger partial charge in [0.1, 0.15) is 0 Å². The topological polar surface area (TPSA) is 32.3 Å². The van der Waals surface area contributed by atoms with Crippen molar-refractivity contribution >= 4 is 23.4 Å². The molecule has 0 aliphatic heterocycles. The minimum Gasteiger partial charge on any atom is -0.396 e. The number of aliphatic hydroxyl groups is 1. The predicted molar refractivity (Wildman–Crippen MR) is 71.2 cm³/mol. The third-order valence-corrected chi connectivity index (χ3v) is 3.39. The number of benzene rings is 1. The van der Waals surface area contributed by atoms with Crippen molar-refractivity contribution in [2.45, 2.75) is 31.3 Å². The lowest BCUT2D eigenvalue weighted by Crippen LogP contribution is -2.22. The van der Waals surface area contributed by atoms with Gasteiger partial charge in [0.15, 0.2) is 0 Å². The van der Waals surface area contributed by atoms with Crippen LogP contribution in [0.5, 0.6) is 0 Å². The van der Waals surface area contributed by atoms with Gasteiger partial charge in [-0.15, -0.1) is 11.8 Å². The monoisotopic (exact) mass is 259 g/mol. The van der Waals surface area contributed by atoms with Gasteiger partial charge in [-0.1, -0.05) is 31.5 Å². The molecular formula is C12H18ClNOS. The van der Waals surface area contributed by atoms with Crippen LogP contribution in [0.1, 0.15) is 19.4 Å². The molecule has 1 aromatic rings. The largest absolute Gasteiger partial charge is 0.396 e. The lowest BCUT2D eigenvalue weighted by atomic mass is 10.2. The van der Waals surface area contributed by atoms with E-state index in [1.165, 1.54) is 5.56 Å². The van der Waals surface area contributed by atoms with Crippen molar-refractivity contribution in [1.29, 1.82) is 0 Å². The fraction of sp³-hybridized carbons (Fsp3) is 0.500. The maximum atomic E-state index is 8.84. The standard InChI is InChI=1S/C12H18ClNOS/c1-9(2)14-8-10-3-4-11(13)7-12(10)16-6-5-15/h3-4,7,9,14-15H,5-6,8H2,1-2H3. The van der Waals surface area contributed by atoms with E-state index < -0.39 is 0 Å². The van der Waals surface area contributed by atoms with E-state index >= 15 is 0 Å². The van der Waals surface area contributed by atoms with Gasteiger partial charge in [0.2, 0.25) is 0 Å². The summed E-state index contributed by atoms with van der Waals surface area (Å²) in [6.07, 6.45) is 0. The van der Waals surface area contributed by atoms with Gasteiger partial charge >= 0.3 is 0 Å². The van der Waals surface area contributed by atoms with Crippen LogP contribution in [0.2, 0.25) is 5.02 Å². The molecule has 1 aromatic carbocycles. The molecule has 0 saturated heterocycles. The van der Waals surface area contributed by atoms with E-state index in [1.807, 2.05) is 18.2 Å². The van der Waals surface area contributed by atoms with Gasteiger partial charge < -0.3 is 10.4 Å². The summed E-state index contributed by atoms with van der Waals surface area (Å²) in [5.41, 5.74) is 1.23. The highest BCUT2D eigenvalue weighted by atomic mass is 35.5. The summed E-state index contributed by atoms with van der Waals surface area (Å²) in [6, 6.07) is 6.37. The molecule has 90 valence electrons. The molecule has 0 radical (unpaired) electrons. The van der Waals surface area contributed by atoms with Crippen LogP contribution >= 0.6 is 23.4 Å². The quantitative estimate of drug-likeness (QED) is 0.771. The number of halogens is 1. The first kappa shape index (κ1) is 13.8. The molecular weight excluding hydrogens is 242 g/mol. The highest BCUT2D eigenvalue weighted by Crippen LogP contribution is 2.26. The highest BCUT2D eigenvalue weighted by Gasteiger charge is 2.04. The van der Waals surface area contributed by atoms with Crippen molar-refractivity contribution in [3.63, 3.8) is 0 Å². The van der Waals surface area contributed by atoms with Crippen molar-refractivity contribution in [3.05, 3.63) is 28.8 Å². The summed E-state index contributed by atoms with van der Waals surface area (Å²) in [6.45, 7) is 5.27. The van der Waals surface area contributed by atoms with Gasteiger partial charge in [-0.05, 0) is 17.7 Å². The molecule has 16 heavy (non-hydrogen) atoms. The molecule has 0 aromatic heterocycles. The van der Waals surface area contributed by atoms with Crippen LogP contribution in [-0.2, 0) is 6.54 Å². The maximum absolute atomic E-state index is 8.84. The number of thioether (sulfide) groups is 1. The van der Waals surface area contributed by atoms with Crippen LogP contribution in [0.4, 0.5) is 0 Å². The van der Waals surface area contributed by atoms with Crippen molar-refractivity contribution in [3.8, 4) is 0 Å². The molecule has 2 nitrogen and oxygen atoms in total. The Hall–Kier alpha value is -0.220. The van der Waals surface area contributed by atoms with E-state index in [9.17, 15) is 0 Å². The average molecular weight is 260 g/mol. The molecule has 0 atom stereocenters. The van der Waals surface area contributed by atoms with E-state index in [2.05, 4.69) is 19.2 Å². The molecule has 0 heterocycles. The second-order valence-electron chi connectivity index (χ2n) is 3.86. The van der Waals surface area contributed by atoms with Gasteiger partial charge in [-0.25, -0.2) is 0 Å². The zero-order valence-corrected chi connectivity index (χ0v) is 11.2. The number of hydrogen-bond acceptors (Lipinski definition) is 3. The van der Waals surface area contributed by atoms with Crippen LogP contribution in [0.15, 0.2) is 23.1 Å². The SMILES string of the molecule is CC(C)NCc1ccc(Cl)cc1SCCO. The lowest BCUT2D eigenvalue weighted by Gasteiger charge is -2.12. The van der Waals surface area contributed by atoms with Crippen LogP contribution in [0.25, 0.3) is 0 Å². The fourth-order valence-electron chi connectivity index (χ4n) is 1.28. The molecule has 0 aliphatic rings. The van der Waals surface area contributed by atoms with Gasteiger partial charge in [0, 0.05) is 28.3 Å². The van der Waals surface area contributed by atoms with Crippen molar-refractivity contribution in [2.75, 3.05) is 12.4 Å². The van der Waals surface area contributed by atoms with Gasteiger partial charge in [0.25, 0.3) is 0 Å². The van der Waals surface area contributed by atoms with Gasteiger partial charge in [-0.2, -0.15) is 0 Å². The molecule has 0 bridgehead atoms. The smallest absolute Gasteiger partial charge is 0.0525 e. The lowest BCUT2D eigenvalue weighted by molar-refractivity contribution is 0.322. The highest BCUT2D eigenvalue weighted by molar-refractivity contribution is 7.99. The average Bonchev–Trinajstić information content (AvgIpc) is 2.24. The van der Waals surface area contributed by atoms with Crippen molar-refractivity contribution < 1.29 is 5.11 Å². The van der Waals surface area contributed by atoms with Crippen LogP contribution < -0.4 is 5.32 Å². The summed E-state index contributed by atoms with van der Waals surface area (Å²) >= 11 is 7.60. The zero-order valence-electron chi connectivity index (χ0n) is 9.66. The third-order valence-electron chi connectivity index (χ3n) is 2.08. The first-order valence-electron chi connectivity index (χ1n) is 5.39. The minimum absolute atomic E-state index is 0.189. The van der Waals surface area contributed by atoms with Crippen LogP contribution in [-0.4, -0.2) is 23.5 Å². The number of rotatable bonds is 6. The molecule has 4 heteroatoms. The summed E-state index contributed by atoms with van der Waals surface area (Å²) in [7, 11) is 0. The number of nitrogens with one attached hydrogen (secondary N) is 1. The minimum atomic E-state index is 0.189. The molecule has 1 rings (SSSR count). The molecule has 2 N–H and O–H groups in total. The Morgan fingerprint density at radius 3 is 2.81 bits per heavy atom. The Kier molecular flexibility index (Phi) is 6.21. The Labute approximate surface area is 106 Å². The Bertz CT molecular complexity index is 331. The third kappa shape index (κ3) is 4.74. The summed E-state index contributed by atoms with van der Waals surface area (Å²) < 4.78 is 0. The summed E-state index contributed by atoms with van der Waals surface area (Å²) in [5.74, 6) is 0.703. The number of hydrogen-bond donors (Lipinski definition) is 2. The molecule has 0 amide bonds. The molecule has 0 saturated carbocycles.